The number of nitrogens with two attached hydrogens (primary N) is 1. The van der Waals surface area contributed by atoms with Crippen LogP contribution in [-0.2, 0) is 11.2 Å². The molecule has 4 nitrogen and oxygen atoms in total. The molecular formula is C14H22N2O2. The normalized spacial score (nSPS) is 11.9. The van der Waals surface area contributed by atoms with Crippen LogP contribution in [0, 0.1) is 0 Å². The minimum atomic E-state index is 0.0200. The van der Waals surface area contributed by atoms with Gasteiger partial charge in [-0.3, -0.25) is 4.79 Å². The summed E-state index contributed by atoms with van der Waals surface area (Å²) in [7, 11) is 1.62. The van der Waals surface area contributed by atoms with Gasteiger partial charge in [-0.05, 0) is 30.5 Å². The van der Waals surface area contributed by atoms with Crippen LogP contribution in [0.25, 0.3) is 0 Å². The van der Waals surface area contributed by atoms with Gasteiger partial charge >= 0.3 is 0 Å². The van der Waals surface area contributed by atoms with Crippen molar-refractivity contribution >= 4 is 5.91 Å². The zero-order valence-corrected chi connectivity index (χ0v) is 11.1. The maximum atomic E-state index is 11.7. The predicted molar refractivity (Wildman–Crippen MR) is 72.6 cm³/mol. The van der Waals surface area contributed by atoms with Gasteiger partial charge in [0.25, 0.3) is 0 Å². The SMILES string of the molecule is CCC(N)CCNC(=O)Cc1cccc(OC)c1. The molecule has 0 saturated carbocycles. The number of nitrogens with one attached hydrogen (secondary N) is 1. The number of rotatable bonds is 7. The Morgan fingerprint density at radius 2 is 2.28 bits per heavy atom. The van der Waals surface area contributed by atoms with Crippen LogP contribution >= 0.6 is 0 Å². The molecule has 1 aromatic rings. The Hall–Kier alpha value is -1.55. The van der Waals surface area contributed by atoms with Gasteiger partial charge in [0.2, 0.25) is 5.91 Å². The highest BCUT2D eigenvalue weighted by Gasteiger charge is 2.05. The molecule has 1 rings (SSSR count). The fraction of sp³-hybridized carbons (Fsp3) is 0.500. The lowest BCUT2D eigenvalue weighted by atomic mass is 10.1. The van der Waals surface area contributed by atoms with Gasteiger partial charge in [-0.25, -0.2) is 0 Å². The van der Waals surface area contributed by atoms with E-state index < -0.39 is 0 Å². The number of hydrogen-bond acceptors (Lipinski definition) is 3. The van der Waals surface area contributed by atoms with Crippen molar-refractivity contribution in [2.75, 3.05) is 13.7 Å². The van der Waals surface area contributed by atoms with E-state index in [1.807, 2.05) is 31.2 Å². The highest BCUT2D eigenvalue weighted by atomic mass is 16.5. The van der Waals surface area contributed by atoms with Gasteiger partial charge < -0.3 is 15.8 Å². The summed E-state index contributed by atoms with van der Waals surface area (Å²) >= 11 is 0. The fourth-order valence-corrected chi connectivity index (χ4v) is 1.63. The van der Waals surface area contributed by atoms with E-state index in [1.54, 1.807) is 7.11 Å². The Balaban J connectivity index is 2.35. The average Bonchev–Trinajstić information content (AvgIpc) is 2.38. The molecule has 3 N–H and O–H groups in total. The third-order valence-electron chi connectivity index (χ3n) is 2.86. The van der Waals surface area contributed by atoms with E-state index in [-0.39, 0.29) is 11.9 Å². The molecule has 0 radical (unpaired) electrons. The van der Waals surface area contributed by atoms with Crippen molar-refractivity contribution in [3.05, 3.63) is 29.8 Å². The Morgan fingerprint density at radius 3 is 2.94 bits per heavy atom. The largest absolute Gasteiger partial charge is 0.497 e. The van der Waals surface area contributed by atoms with Gasteiger partial charge in [0.05, 0.1) is 13.5 Å². The molecule has 0 spiro atoms. The summed E-state index contributed by atoms with van der Waals surface area (Å²) in [4.78, 5) is 11.7. The molecule has 0 fully saturated rings. The van der Waals surface area contributed by atoms with Gasteiger partial charge in [0.1, 0.15) is 5.75 Å². The molecule has 0 aromatic heterocycles. The topological polar surface area (TPSA) is 64.3 Å². The minimum absolute atomic E-state index is 0.0200. The lowest BCUT2D eigenvalue weighted by molar-refractivity contribution is -0.120. The van der Waals surface area contributed by atoms with Gasteiger partial charge in [-0.1, -0.05) is 19.1 Å². The number of amides is 1. The first kappa shape index (κ1) is 14.5. The summed E-state index contributed by atoms with van der Waals surface area (Å²) in [5.41, 5.74) is 6.73. The molecule has 18 heavy (non-hydrogen) atoms. The van der Waals surface area contributed by atoms with Crippen LogP contribution in [0.4, 0.5) is 0 Å². The molecule has 0 bridgehead atoms. The van der Waals surface area contributed by atoms with Crippen molar-refractivity contribution in [2.45, 2.75) is 32.2 Å². The second kappa shape index (κ2) is 7.71. The molecule has 100 valence electrons. The van der Waals surface area contributed by atoms with Gasteiger partial charge in [0, 0.05) is 12.6 Å². The van der Waals surface area contributed by atoms with E-state index >= 15 is 0 Å². The van der Waals surface area contributed by atoms with Crippen molar-refractivity contribution in [1.29, 1.82) is 0 Å². The summed E-state index contributed by atoms with van der Waals surface area (Å²) in [5.74, 6) is 0.792. The third-order valence-corrected chi connectivity index (χ3v) is 2.86. The van der Waals surface area contributed by atoms with Crippen LogP contribution in [0.3, 0.4) is 0 Å². The lowest BCUT2D eigenvalue weighted by Crippen LogP contribution is -2.30. The first-order chi connectivity index (χ1) is 8.65. The van der Waals surface area contributed by atoms with Crippen LogP contribution in [0.15, 0.2) is 24.3 Å². The first-order valence-electron chi connectivity index (χ1n) is 6.31. The fourth-order valence-electron chi connectivity index (χ4n) is 1.63. The molecule has 0 heterocycles. The summed E-state index contributed by atoms with van der Waals surface area (Å²) in [6.07, 6.45) is 2.13. The Labute approximate surface area is 109 Å². The van der Waals surface area contributed by atoms with Crippen molar-refractivity contribution in [3.63, 3.8) is 0 Å². The second-order valence-electron chi connectivity index (χ2n) is 4.34. The summed E-state index contributed by atoms with van der Waals surface area (Å²) in [6, 6.07) is 7.70. The van der Waals surface area contributed by atoms with E-state index in [4.69, 9.17) is 10.5 Å². The molecular weight excluding hydrogens is 228 g/mol. The van der Waals surface area contributed by atoms with Crippen molar-refractivity contribution in [2.24, 2.45) is 5.73 Å². The molecule has 1 atom stereocenters. The second-order valence-corrected chi connectivity index (χ2v) is 4.34. The lowest BCUT2D eigenvalue weighted by Gasteiger charge is -2.10. The monoisotopic (exact) mass is 250 g/mol. The van der Waals surface area contributed by atoms with Crippen molar-refractivity contribution < 1.29 is 9.53 Å². The zero-order valence-electron chi connectivity index (χ0n) is 11.1. The Kier molecular flexibility index (Phi) is 6.22. The van der Waals surface area contributed by atoms with E-state index in [0.717, 1.165) is 24.2 Å². The Bertz CT molecular complexity index is 380. The highest BCUT2D eigenvalue weighted by molar-refractivity contribution is 5.78. The summed E-state index contributed by atoms with van der Waals surface area (Å²) in [5, 5.41) is 2.87. The van der Waals surface area contributed by atoms with Crippen LogP contribution < -0.4 is 15.8 Å². The van der Waals surface area contributed by atoms with Crippen LogP contribution in [0.2, 0.25) is 0 Å². The molecule has 1 aromatic carbocycles. The predicted octanol–water partition coefficient (Wildman–Crippen LogP) is 1.48. The maximum absolute atomic E-state index is 11.7. The smallest absolute Gasteiger partial charge is 0.224 e. The molecule has 1 amide bonds. The zero-order chi connectivity index (χ0) is 13.4. The van der Waals surface area contributed by atoms with Crippen LogP contribution in [0.1, 0.15) is 25.3 Å². The van der Waals surface area contributed by atoms with Gasteiger partial charge in [0.15, 0.2) is 0 Å². The quantitative estimate of drug-likeness (QED) is 0.770. The van der Waals surface area contributed by atoms with Gasteiger partial charge in [-0.2, -0.15) is 0 Å². The van der Waals surface area contributed by atoms with Crippen LogP contribution in [-0.4, -0.2) is 25.6 Å². The number of carbonyl (C=O) groups is 1. The maximum Gasteiger partial charge on any atom is 0.224 e. The molecule has 0 aliphatic heterocycles. The third kappa shape index (κ3) is 5.19. The average molecular weight is 250 g/mol. The number of benzene rings is 1. The van der Waals surface area contributed by atoms with Crippen LogP contribution in [0.5, 0.6) is 5.75 Å². The summed E-state index contributed by atoms with van der Waals surface area (Å²) in [6.45, 7) is 2.68. The van der Waals surface area contributed by atoms with E-state index in [2.05, 4.69) is 5.32 Å². The number of methoxy groups -OCH3 is 1. The van der Waals surface area contributed by atoms with E-state index in [9.17, 15) is 4.79 Å². The van der Waals surface area contributed by atoms with E-state index in [0.29, 0.717) is 13.0 Å². The minimum Gasteiger partial charge on any atom is -0.497 e. The molecule has 0 saturated heterocycles. The van der Waals surface area contributed by atoms with E-state index in [1.165, 1.54) is 0 Å². The molecule has 1 unspecified atom stereocenters. The first-order valence-corrected chi connectivity index (χ1v) is 6.31. The molecule has 0 aliphatic rings. The summed E-state index contributed by atoms with van der Waals surface area (Å²) < 4.78 is 5.12. The van der Waals surface area contributed by atoms with Crippen molar-refractivity contribution in [3.8, 4) is 5.75 Å². The number of carbonyl (C=O) groups excluding carboxylic acids is 1. The number of hydrogen-bond donors (Lipinski definition) is 2. The molecule has 0 aliphatic carbocycles. The standard InChI is InChI=1S/C14H22N2O2/c1-3-12(15)7-8-16-14(17)10-11-5-4-6-13(9-11)18-2/h4-6,9,12H,3,7-8,10,15H2,1-2H3,(H,16,17). The Morgan fingerprint density at radius 1 is 1.50 bits per heavy atom. The molecule has 4 heteroatoms. The highest BCUT2D eigenvalue weighted by Crippen LogP contribution is 2.12. The van der Waals surface area contributed by atoms with Crippen molar-refractivity contribution in [1.82, 2.24) is 5.32 Å². The number of ether oxygens (including phenoxy) is 1. The van der Waals surface area contributed by atoms with Gasteiger partial charge in [-0.15, -0.1) is 0 Å².